The highest BCUT2D eigenvalue weighted by atomic mass is 16.5. The number of piperazine rings is 1. The van der Waals surface area contributed by atoms with Crippen LogP contribution in [0.1, 0.15) is 15.9 Å². The lowest BCUT2D eigenvalue weighted by molar-refractivity contribution is 0.0746. The van der Waals surface area contributed by atoms with E-state index in [1.54, 1.807) is 6.33 Å². The van der Waals surface area contributed by atoms with Gasteiger partial charge in [-0.2, -0.15) is 0 Å². The quantitative estimate of drug-likeness (QED) is 0.821. The number of anilines is 2. The van der Waals surface area contributed by atoms with Crippen LogP contribution in [0.4, 0.5) is 11.6 Å². The molecule has 2 aromatic rings. The normalized spacial score (nSPS) is 17.9. The Morgan fingerprint density at radius 3 is 2.22 bits per heavy atom. The predicted octanol–water partition coefficient (Wildman–Crippen LogP) is 1.58. The molecule has 142 valence electrons. The molecule has 4 rings (SSSR count). The van der Waals surface area contributed by atoms with Crippen molar-refractivity contribution in [1.82, 2.24) is 14.9 Å². The van der Waals surface area contributed by atoms with Gasteiger partial charge in [-0.05, 0) is 18.6 Å². The Labute approximate surface area is 159 Å². The second-order valence-electron chi connectivity index (χ2n) is 6.93. The largest absolute Gasteiger partial charge is 0.378 e. The van der Waals surface area contributed by atoms with Crippen LogP contribution in [0.25, 0.3) is 0 Å². The van der Waals surface area contributed by atoms with Crippen LogP contribution in [-0.4, -0.2) is 73.3 Å². The lowest BCUT2D eigenvalue weighted by Crippen LogP contribution is -2.49. The Balaban J connectivity index is 1.40. The third kappa shape index (κ3) is 3.88. The molecule has 0 radical (unpaired) electrons. The second-order valence-corrected chi connectivity index (χ2v) is 6.93. The maximum atomic E-state index is 12.8. The Hall–Kier alpha value is -2.67. The number of ether oxygens (including phenoxy) is 1. The van der Waals surface area contributed by atoms with Crippen LogP contribution >= 0.6 is 0 Å². The van der Waals surface area contributed by atoms with E-state index in [-0.39, 0.29) is 5.91 Å². The summed E-state index contributed by atoms with van der Waals surface area (Å²) in [6.45, 7) is 8.11. The van der Waals surface area contributed by atoms with Crippen LogP contribution < -0.4 is 9.80 Å². The van der Waals surface area contributed by atoms with Gasteiger partial charge in [0.05, 0.1) is 13.2 Å². The van der Waals surface area contributed by atoms with Crippen LogP contribution in [-0.2, 0) is 4.74 Å². The molecule has 1 amide bonds. The molecule has 27 heavy (non-hydrogen) atoms. The summed E-state index contributed by atoms with van der Waals surface area (Å²) < 4.78 is 5.41. The first-order valence-electron chi connectivity index (χ1n) is 9.47. The fourth-order valence-electron chi connectivity index (χ4n) is 3.60. The van der Waals surface area contributed by atoms with Crippen molar-refractivity contribution in [2.24, 2.45) is 0 Å². The maximum absolute atomic E-state index is 12.8. The minimum atomic E-state index is 0.115. The van der Waals surface area contributed by atoms with Gasteiger partial charge in [0.15, 0.2) is 0 Å². The van der Waals surface area contributed by atoms with Crippen molar-refractivity contribution in [1.29, 1.82) is 0 Å². The average Bonchev–Trinajstić information content (AvgIpc) is 2.74. The highest BCUT2D eigenvalue weighted by Crippen LogP contribution is 2.20. The summed E-state index contributed by atoms with van der Waals surface area (Å²) in [6, 6.07) is 9.82. The van der Waals surface area contributed by atoms with Gasteiger partial charge in [-0.25, -0.2) is 9.97 Å². The van der Waals surface area contributed by atoms with Crippen molar-refractivity contribution < 1.29 is 9.53 Å². The molecule has 2 aliphatic rings. The molecule has 0 bridgehead atoms. The molecule has 7 heteroatoms. The van der Waals surface area contributed by atoms with Gasteiger partial charge in [0, 0.05) is 50.9 Å². The van der Waals surface area contributed by atoms with Gasteiger partial charge in [-0.15, -0.1) is 0 Å². The molecular formula is C20H25N5O2. The molecule has 7 nitrogen and oxygen atoms in total. The second kappa shape index (κ2) is 7.92. The zero-order valence-electron chi connectivity index (χ0n) is 15.7. The first-order valence-corrected chi connectivity index (χ1v) is 9.47. The molecule has 3 heterocycles. The van der Waals surface area contributed by atoms with Crippen LogP contribution in [0.15, 0.2) is 36.7 Å². The lowest BCUT2D eigenvalue weighted by Gasteiger charge is -2.36. The van der Waals surface area contributed by atoms with Crippen molar-refractivity contribution in [3.8, 4) is 0 Å². The Morgan fingerprint density at radius 2 is 1.56 bits per heavy atom. The number of nitrogens with zero attached hydrogens (tertiary/aromatic N) is 5. The lowest BCUT2D eigenvalue weighted by atomic mass is 10.1. The topological polar surface area (TPSA) is 61.8 Å². The minimum Gasteiger partial charge on any atom is -0.378 e. The van der Waals surface area contributed by atoms with Crippen molar-refractivity contribution >= 4 is 17.5 Å². The summed E-state index contributed by atoms with van der Waals surface area (Å²) >= 11 is 0. The first kappa shape index (κ1) is 17.7. The molecule has 0 N–H and O–H groups in total. The third-order valence-electron chi connectivity index (χ3n) is 5.24. The first-order chi connectivity index (χ1) is 13.2. The van der Waals surface area contributed by atoms with Gasteiger partial charge in [0.1, 0.15) is 18.0 Å². The Kier molecular flexibility index (Phi) is 5.20. The molecule has 2 saturated heterocycles. The van der Waals surface area contributed by atoms with E-state index < -0.39 is 0 Å². The highest BCUT2D eigenvalue weighted by molar-refractivity contribution is 5.95. The molecule has 0 saturated carbocycles. The average molecular weight is 367 g/mol. The van der Waals surface area contributed by atoms with Crippen molar-refractivity contribution in [3.63, 3.8) is 0 Å². The number of morpholine rings is 1. The molecule has 2 fully saturated rings. The molecule has 1 aromatic carbocycles. The zero-order valence-corrected chi connectivity index (χ0v) is 15.7. The van der Waals surface area contributed by atoms with E-state index in [1.165, 1.54) is 0 Å². The number of rotatable bonds is 3. The van der Waals surface area contributed by atoms with E-state index in [2.05, 4.69) is 19.8 Å². The van der Waals surface area contributed by atoms with Crippen LogP contribution in [0.2, 0.25) is 0 Å². The van der Waals surface area contributed by atoms with E-state index in [0.29, 0.717) is 13.1 Å². The van der Waals surface area contributed by atoms with Gasteiger partial charge in [0.2, 0.25) is 0 Å². The summed E-state index contributed by atoms with van der Waals surface area (Å²) in [4.78, 5) is 28.1. The number of aromatic nitrogens is 2. The Bertz CT molecular complexity index is 798. The molecule has 0 spiro atoms. The number of aryl methyl sites for hydroxylation is 1. The van der Waals surface area contributed by atoms with Crippen molar-refractivity contribution in [3.05, 3.63) is 47.8 Å². The standard InChI is InChI=1S/C20H25N5O2/c1-16-4-2-3-5-17(16)20(26)25-8-6-23(7-9-25)18-14-19(22-15-21-18)24-10-12-27-13-11-24/h2-5,14-15H,6-13H2,1H3. The van der Waals surface area contributed by atoms with E-state index in [1.807, 2.05) is 42.2 Å². The van der Waals surface area contributed by atoms with Crippen LogP contribution in [0.5, 0.6) is 0 Å². The zero-order chi connectivity index (χ0) is 18.6. The van der Waals surface area contributed by atoms with Crippen molar-refractivity contribution in [2.45, 2.75) is 6.92 Å². The number of benzene rings is 1. The minimum absolute atomic E-state index is 0.115. The molecule has 0 atom stereocenters. The molecule has 0 unspecified atom stereocenters. The maximum Gasteiger partial charge on any atom is 0.254 e. The summed E-state index contributed by atoms with van der Waals surface area (Å²) in [5, 5.41) is 0. The van der Waals surface area contributed by atoms with Gasteiger partial charge in [-0.3, -0.25) is 4.79 Å². The molecular weight excluding hydrogens is 342 g/mol. The number of amides is 1. The van der Waals surface area contributed by atoms with E-state index in [4.69, 9.17) is 4.74 Å². The molecule has 1 aromatic heterocycles. The predicted molar refractivity (Wildman–Crippen MR) is 104 cm³/mol. The molecule has 0 aliphatic carbocycles. The SMILES string of the molecule is Cc1ccccc1C(=O)N1CCN(c2cc(N3CCOCC3)ncn2)CC1. The highest BCUT2D eigenvalue weighted by Gasteiger charge is 2.24. The number of hydrogen-bond acceptors (Lipinski definition) is 6. The summed E-state index contributed by atoms with van der Waals surface area (Å²) in [5.41, 5.74) is 1.82. The van der Waals surface area contributed by atoms with E-state index in [9.17, 15) is 4.79 Å². The van der Waals surface area contributed by atoms with Gasteiger partial charge in [-0.1, -0.05) is 18.2 Å². The van der Waals surface area contributed by atoms with Crippen molar-refractivity contribution in [2.75, 3.05) is 62.3 Å². The van der Waals surface area contributed by atoms with Gasteiger partial charge >= 0.3 is 0 Å². The van der Waals surface area contributed by atoms with Crippen LogP contribution in [0.3, 0.4) is 0 Å². The van der Waals surface area contributed by atoms with E-state index >= 15 is 0 Å². The third-order valence-corrected chi connectivity index (χ3v) is 5.24. The van der Waals surface area contributed by atoms with Crippen LogP contribution in [0, 0.1) is 6.92 Å². The van der Waals surface area contributed by atoms with E-state index in [0.717, 1.165) is 62.2 Å². The summed E-state index contributed by atoms with van der Waals surface area (Å²) in [7, 11) is 0. The number of hydrogen-bond donors (Lipinski definition) is 0. The van der Waals surface area contributed by atoms with Gasteiger partial charge < -0.3 is 19.4 Å². The fourth-order valence-corrected chi connectivity index (χ4v) is 3.60. The fraction of sp³-hybridized carbons (Fsp3) is 0.450. The Morgan fingerprint density at radius 1 is 0.926 bits per heavy atom. The number of carbonyl (C=O) groups is 1. The smallest absolute Gasteiger partial charge is 0.254 e. The number of carbonyl (C=O) groups excluding carboxylic acids is 1. The monoisotopic (exact) mass is 367 g/mol. The summed E-state index contributed by atoms with van der Waals surface area (Å²) in [6.07, 6.45) is 1.63. The van der Waals surface area contributed by atoms with Gasteiger partial charge in [0.25, 0.3) is 5.91 Å². The summed E-state index contributed by atoms with van der Waals surface area (Å²) in [5.74, 6) is 1.99. The molecule has 2 aliphatic heterocycles.